The number of hydrogen-bond acceptors (Lipinski definition) is 2. The molecule has 0 aromatic heterocycles. The van der Waals surface area contributed by atoms with Crippen molar-refractivity contribution in [2.24, 2.45) is 11.7 Å². The third kappa shape index (κ3) is 2.58. The van der Waals surface area contributed by atoms with Crippen molar-refractivity contribution in [3.05, 3.63) is 0 Å². The van der Waals surface area contributed by atoms with Crippen LogP contribution in [0.15, 0.2) is 0 Å². The van der Waals surface area contributed by atoms with Gasteiger partial charge in [-0.05, 0) is 18.8 Å². The summed E-state index contributed by atoms with van der Waals surface area (Å²) in [6, 6.07) is -0.186. The maximum atomic E-state index is 11.4. The van der Waals surface area contributed by atoms with Gasteiger partial charge in [-0.1, -0.05) is 0 Å². The first kappa shape index (κ1) is 7.88. The standard InChI is InChI=1S/C6H11F2NO/c7-6(8)10-3-5(9)4-1-2-4/h4-6H,1-3,9H2. The third-order valence-corrected chi connectivity index (χ3v) is 1.64. The molecule has 0 heterocycles. The van der Waals surface area contributed by atoms with Crippen LogP contribution < -0.4 is 5.73 Å². The summed E-state index contributed by atoms with van der Waals surface area (Å²) in [6.45, 7) is -2.69. The average Bonchev–Trinajstić information content (AvgIpc) is 2.63. The van der Waals surface area contributed by atoms with E-state index in [1.165, 1.54) is 0 Å². The molecule has 0 aliphatic heterocycles. The van der Waals surface area contributed by atoms with Crippen LogP contribution in [0, 0.1) is 5.92 Å². The van der Waals surface area contributed by atoms with E-state index in [2.05, 4.69) is 4.74 Å². The molecule has 2 nitrogen and oxygen atoms in total. The lowest BCUT2D eigenvalue weighted by molar-refractivity contribution is -0.132. The highest BCUT2D eigenvalue weighted by Crippen LogP contribution is 2.31. The van der Waals surface area contributed by atoms with Gasteiger partial charge >= 0.3 is 6.61 Å². The third-order valence-electron chi connectivity index (χ3n) is 1.64. The summed E-state index contributed by atoms with van der Waals surface area (Å²) >= 11 is 0. The molecule has 1 rings (SSSR count). The zero-order valence-electron chi connectivity index (χ0n) is 5.59. The van der Waals surface area contributed by atoms with Crippen molar-refractivity contribution in [1.29, 1.82) is 0 Å². The quantitative estimate of drug-likeness (QED) is 0.649. The molecule has 4 heteroatoms. The molecule has 10 heavy (non-hydrogen) atoms. The predicted octanol–water partition coefficient (Wildman–Crippen LogP) is 0.963. The van der Waals surface area contributed by atoms with Gasteiger partial charge in [-0.15, -0.1) is 0 Å². The predicted molar refractivity (Wildman–Crippen MR) is 32.7 cm³/mol. The van der Waals surface area contributed by atoms with Crippen LogP contribution in [0.2, 0.25) is 0 Å². The second-order valence-corrected chi connectivity index (χ2v) is 2.60. The maximum absolute atomic E-state index is 11.4. The molecule has 0 aromatic carbocycles. The molecule has 1 saturated carbocycles. The molecule has 0 amide bonds. The molecule has 1 unspecified atom stereocenters. The Kier molecular flexibility index (Phi) is 2.56. The van der Waals surface area contributed by atoms with Crippen LogP contribution in [0.25, 0.3) is 0 Å². The molecule has 60 valence electrons. The molecule has 0 spiro atoms. The van der Waals surface area contributed by atoms with Crippen LogP contribution in [-0.4, -0.2) is 19.3 Å². The molecule has 0 radical (unpaired) electrons. The van der Waals surface area contributed by atoms with E-state index in [1.807, 2.05) is 0 Å². The Labute approximate surface area is 58.3 Å². The first-order valence-corrected chi connectivity index (χ1v) is 3.35. The number of hydrogen-bond donors (Lipinski definition) is 1. The van der Waals surface area contributed by atoms with Crippen LogP contribution in [0.5, 0.6) is 0 Å². The van der Waals surface area contributed by atoms with Crippen molar-refractivity contribution >= 4 is 0 Å². The zero-order chi connectivity index (χ0) is 7.56. The molecule has 0 aromatic rings. The minimum atomic E-state index is -2.68. The highest BCUT2D eigenvalue weighted by Gasteiger charge is 2.28. The Hall–Kier alpha value is -0.220. The van der Waals surface area contributed by atoms with E-state index >= 15 is 0 Å². The lowest BCUT2D eigenvalue weighted by Crippen LogP contribution is -2.29. The lowest BCUT2D eigenvalue weighted by atomic mass is 10.2. The molecule has 0 saturated heterocycles. The Balaban J connectivity index is 2.00. The zero-order valence-corrected chi connectivity index (χ0v) is 5.59. The summed E-state index contributed by atoms with van der Waals surface area (Å²) in [4.78, 5) is 0. The summed E-state index contributed by atoms with van der Waals surface area (Å²) in [7, 11) is 0. The van der Waals surface area contributed by atoms with E-state index in [0.717, 1.165) is 12.8 Å². The number of nitrogens with two attached hydrogens (primary N) is 1. The molecular weight excluding hydrogens is 140 g/mol. The monoisotopic (exact) mass is 151 g/mol. The second kappa shape index (κ2) is 3.25. The summed E-state index contributed by atoms with van der Waals surface area (Å²) in [6.07, 6.45) is 2.13. The van der Waals surface area contributed by atoms with Gasteiger partial charge in [-0.3, -0.25) is 0 Å². The number of alkyl halides is 2. The summed E-state index contributed by atoms with van der Waals surface area (Å²) in [5.74, 6) is 0.429. The van der Waals surface area contributed by atoms with Crippen molar-refractivity contribution in [1.82, 2.24) is 0 Å². The highest BCUT2D eigenvalue weighted by atomic mass is 19.3. The Morgan fingerprint density at radius 2 is 2.10 bits per heavy atom. The highest BCUT2D eigenvalue weighted by molar-refractivity contribution is 4.83. The van der Waals surface area contributed by atoms with E-state index in [0.29, 0.717) is 5.92 Å². The van der Waals surface area contributed by atoms with Gasteiger partial charge in [-0.25, -0.2) is 0 Å². The van der Waals surface area contributed by atoms with Crippen molar-refractivity contribution in [3.63, 3.8) is 0 Å². The van der Waals surface area contributed by atoms with Gasteiger partial charge in [0.25, 0.3) is 0 Å². The van der Waals surface area contributed by atoms with E-state index < -0.39 is 6.61 Å². The van der Waals surface area contributed by atoms with Gasteiger partial charge in [0.1, 0.15) is 0 Å². The average molecular weight is 151 g/mol. The van der Waals surface area contributed by atoms with E-state index in [1.54, 1.807) is 0 Å². The van der Waals surface area contributed by atoms with Gasteiger partial charge < -0.3 is 10.5 Å². The van der Waals surface area contributed by atoms with Crippen molar-refractivity contribution < 1.29 is 13.5 Å². The van der Waals surface area contributed by atoms with E-state index in [4.69, 9.17) is 5.73 Å². The minimum Gasteiger partial charge on any atom is -0.325 e. The first-order chi connectivity index (χ1) is 4.70. The molecule has 0 bridgehead atoms. The SMILES string of the molecule is NC(COC(F)F)C1CC1. The fourth-order valence-corrected chi connectivity index (χ4v) is 0.844. The second-order valence-electron chi connectivity index (χ2n) is 2.60. The maximum Gasteiger partial charge on any atom is 0.345 e. The molecule has 2 N–H and O–H groups in total. The van der Waals surface area contributed by atoms with Crippen LogP contribution in [-0.2, 0) is 4.74 Å². The molecule has 1 aliphatic rings. The van der Waals surface area contributed by atoms with Crippen molar-refractivity contribution in [2.75, 3.05) is 6.61 Å². The van der Waals surface area contributed by atoms with Crippen LogP contribution in [0.4, 0.5) is 8.78 Å². The van der Waals surface area contributed by atoms with Gasteiger partial charge in [0, 0.05) is 6.04 Å². The largest absolute Gasteiger partial charge is 0.345 e. The topological polar surface area (TPSA) is 35.2 Å². The van der Waals surface area contributed by atoms with Crippen LogP contribution >= 0.6 is 0 Å². The molecular formula is C6H11F2NO. The fourth-order valence-electron chi connectivity index (χ4n) is 0.844. The molecule has 1 aliphatic carbocycles. The van der Waals surface area contributed by atoms with Gasteiger partial charge in [0.15, 0.2) is 0 Å². The molecule has 1 atom stereocenters. The minimum absolute atomic E-state index is 0.0116. The van der Waals surface area contributed by atoms with Gasteiger partial charge in [0.2, 0.25) is 0 Å². The summed E-state index contributed by atoms with van der Waals surface area (Å²) in [5.41, 5.74) is 5.47. The van der Waals surface area contributed by atoms with Crippen LogP contribution in [0.1, 0.15) is 12.8 Å². The number of ether oxygens (including phenoxy) is 1. The summed E-state index contributed by atoms with van der Waals surface area (Å²) in [5, 5.41) is 0. The fraction of sp³-hybridized carbons (Fsp3) is 1.00. The normalized spacial score (nSPS) is 21.6. The van der Waals surface area contributed by atoms with Crippen molar-refractivity contribution in [3.8, 4) is 0 Å². The first-order valence-electron chi connectivity index (χ1n) is 3.35. The summed E-state index contributed by atoms with van der Waals surface area (Å²) < 4.78 is 26.8. The smallest absolute Gasteiger partial charge is 0.325 e. The van der Waals surface area contributed by atoms with E-state index in [9.17, 15) is 8.78 Å². The van der Waals surface area contributed by atoms with Gasteiger partial charge in [0.05, 0.1) is 6.61 Å². The van der Waals surface area contributed by atoms with Crippen molar-refractivity contribution in [2.45, 2.75) is 25.5 Å². The van der Waals surface area contributed by atoms with Crippen LogP contribution in [0.3, 0.4) is 0 Å². The Morgan fingerprint density at radius 3 is 2.50 bits per heavy atom. The van der Waals surface area contributed by atoms with E-state index in [-0.39, 0.29) is 12.6 Å². The Morgan fingerprint density at radius 1 is 1.50 bits per heavy atom. The number of halogens is 2. The molecule has 1 fully saturated rings. The Bertz CT molecular complexity index is 106. The van der Waals surface area contributed by atoms with Gasteiger partial charge in [-0.2, -0.15) is 8.78 Å². The lowest BCUT2D eigenvalue weighted by Gasteiger charge is -2.09. The number of rotatable bonds is 4.